The summed E-state index contributed by atoms with van der Waals surface area (Å²) in [4.78, 5) is 22.1. The van der Waals surface area contributed by atoms with Crippen LogP contribution in [0.4, 0.5) is 26.4 Å². The number of carbonyl (C=O) groups excluding carboxylic acids is 1. The van der Waals surface area contributed by atoms with Crippen LogP contribution in [-0.4, -0.2) is 46.7 Å². The zero-order valence-corrected chi connectivity index (χ0v) is 23.8. The Morgan fingerprint density at radius 1 is 1.10 bits per heavy atom. The van der Waals surface area contributed by atoms with Crippen LogP contribution in [-0.2, 0) is 0 Å². The Morgan fingerprint density at radius 3 is 2.52 bits per heavy atom. The monoisotopic (exact) mass is 571 g/mol. The second-order valence-electron chi connectivity index (χ2n) is 10.8. The number of nitrogen functional groups attached to an aromatic ring is 1. The minimum absolute atomic E-state index is 0.0503. The Balaban J connectivity index is 1.29. The first-order valence-corrected chi connectivity index (χ1v) is 14.1. The first kappa shape index (κ1) is 27.5. The molecule has 1 atom stereocenters. The first-order chi connectivity index (χ1) is 20.3. The molecule has 0 radical (unpaired) electrons. The number of nitrogens with one attached hydrogen (secondary N) is 3. The van der Waals surface area contributed by atoms with E-state index in [1.54, 1.807) is 36.5 Å². The van der Waals surface area contributed by atoms with Crippen LogP contribution >= 0.6 is 0 Å². The molecule has 0 spiro atoms. The van der Waals surface area contributed by atoms with Gasteiger partial charge in [-0.2, -0.15) is 0 Å². The average Bonchev–Trinajstić information content (AvgIpc) is 3.39. The molecule has 1 aliphatic carbocycles. The molecule has 6 rings (SSSR count). The number of halogens is 1. The quantitative estimate of drug-likeness (QED) is 0.230. The second kappa shape index (κ2) is 11.3. The molecule has 2 aliphatic rings. The normalized spacial score (nSPS) is 16.4. The highest BCUT2D eigenvalue weighted by Crippen LogP contribution is 2.37. The van der Waals surface area contributed by atoms with Crippen molar-refractivity contribution in [1.82, 2.24) is 19.7 Å². The number of allylic oxidation sites excluding steroid dienone is 1. The lowest BCUT2D eigenvalue weighted by atomic mass is 9.93. The summed E-state index contributed by atoms with van der Waals surface area (Å²) in [6.07, 6.45) is 6.84. The van der Waals surface area contributed by atoms with Gasteiger partial charge in [0.1, 0.15) is 41.9 Å². The molecule has 0 saturated carbocycles. The highest BCUT2D eigenvalue weighted by atomic mass is 19.1. The van der Waals surface area contributed by atoms with E-state index in [-0.39, 0.29) is 23.0 Å². The predicted octanol–water partition coefficient (Wildman–Crippen LogP) is 5.81. The number of rotatable bonds is 6. The van der Waals surface area contributed by atoms with Crippen LogP contribution in [0.15, 0.2) is 48.7 Å². The Bertz CT molecular complexity index is 1700. The Kier molecular flexibility index (Phi) is 7.42. The van der Waals surface area contributed by atoms with Gasteiger partial charge in [-0.15, -0.1) is 0 Å². The molecule has 2 aromatic heterocycles. The van der Waals surface area contributed by atoms with E-state index in [0.717, 1.165) is 30.8 Å². The van der Waals surface area contributed by atoms with Crippen LogP contribution in [0.2, 0.25) is 0 Å². The number of amides is 2. The van der Waals surface area contributed by atoms with Gasteiger partial charge >= 0.3 is 6.03 Å². The first-order valence-electron chi connectivity index (χ1n) is 14.1. The molecule has 0 saturated heterocycles. The molecule has 0 fully saturated rings. The number of ether oxygens (including phenoxy) is 2. The number of carbonyl (C=O) groups is 1. The van der Waals surface area contributed by atoms with Crippen LogP contribution < -0.4 is 31.2 Å². The number of nitrogens with zero attached hydrogens (tertiary/aromatic N) is 3. The van der Waals surface area contributed by atoms with Crippen molar-refractivity contribution in [1.29, 1.82) is 0 Å². The van der Waals surface area contributed by atoms with E-state index in [2.05, 4.69) is 40.9 Å². The summed E-state index contributed by atoms with van der Waals surface area (Å²) >= 11 is 0. The number of urea groups is 1. The van der Waals surface area contributed by atoms with Gasteiger partial charge in [-0.1, -0.05) is 19.9 Å². The molecule has 2 amide bonds. The maximum absolute atomic E-state index is 15.7. The molecule has 10 nitrogen and oxygen atoms in total. The third-order valence-electron chi connectivity index (χ3n) is 7.66. The van der Waals surface area contributed by atoms with E-state index >= 15 is 4.39 Å². The van der Waals surface area contributed by atoms with E-state index in [0.29, 0.717) is 47.7 Å². The number of fused-ring (bicyclic) bond motifs is 2. The average molecular weight is 572 g/mol. The van der Waals surface area contributed by atoms with Gasteiger partial charge in [0.2, 0.25) is 0 Å². The van der Waals surface area contributed by atoms with Crippen molar-refractivity contribution >= 4 is 34.3 Å². The summed E-state index contributed by atoms with van der Waals surface area (Å²) in [5.41, 5.74) is 10.6. The zero-order valence-electron chi connectivity index (χ0n) is 23.8. The number of nitrogens with two attached hydrogens (primary N) is 1. The van der Waals surface area contributed by atoms with Gasteiger partial charge in [-0.05, 0) is 62.2 Å². The molecular weight excluding hydrogens is 537 g/mol. The second-order valence-corrected chi connectivity index (χ2v) is 10.8. The summed E-state index contributed by atoms with van der Waals surface area (Å²) in [5, 5.41) is 8.77. The summed E-state index contributed by atoms with van der Waals surface area (Å²) in [7, 11) is 1.98. The van der Waals surface area contributed by atoms with E-state index in [9.17, 15) is 4.79 Å². The zero-order chi connectivity index (χ0) is 29.4. The Labute approximate surface area is 243 Å². The fourth-order valence-electron chi connectivity index (χ4n) is 5.50. The van der Waals surface area contributed by atoms with E-state index in [1.807, 2.05) is 11.4 Å². The van der Waals surface area contributed by atoms with Crippen LogP contribution in [0.1, 0.15) is 50.5 Å². The predicted molar refractivity (Wildman–Crippen MR) is 162 cm³/mol. The van der Waals surface area contributed by atoms with Gasteiger partial charge in [0.15, 0.2) is 11.5 Å². The SMILES string of the molecule is CNC1CC=C(c2cnc(N)c3c(-c4ccc(NC(=O)Nc5ccc6c(c5)OCCO6)cc4F)nc(C(C)C)n23)CC1. The lowest BCUT2D eigenvalue weighted by Crippen LogP contribution is -2.26. The molecule has 1 unspecified atom stereocenters. The molecule has 4 aromatic rings. The maximum atomic E-state index is 15.7. The maximum Gasteiger partial charge on any atom is 0.323 e. The molecule has 3 heterocycles. The van der Waals surface area contributed by atoms with Crippen LogP contribution in [0, 0.1) is 5.82 Å². The molecule has 42 heavy (non-hydrogen) atoms. The Morgan fingerprint density at radius 2 is 1.83 bits per heavy atom. The number of aromatic nitrogens is 3. The van der Waals surface area contributed by atoms with Crippen molar-refractivity contribution in [3.63, 3.8) is 0 Å². The lowest BCUT2D eigenvalue weighted by Gasteiger charge is -2.22. The van der Waals surface area contributed by atoms with Crippen molar-refractivity contribution in [2.24, 2.45) is 0 Å². The number of hydrogen-bond acceptors (Lipinski definition) is 7. The third kappa shape index (κ3) is 5.23. The summed E-state index contributed by atoms with van der Waals surface area (Å²) in [6.45, 7) is 5.02. The third-order valence-corrected chi connectivity index (χ3v) is 7.66. The topological polar surface area (TPSA) is 128 Å². The molecule has 5 N–H and O–H groups in total. The van der Waals surface area contributed by atoms with Crippen LogP contribution in [0.5, 0.6) is 11.5 Å². The van der Waals surface area contributed by atoms with Crippen molar-refractivity contribution < 1.29 is 18.7 Å². The molecule has 11 heteroatoms. The van der Waals surface area contributed by atoms with Gasteiger partial charge in [0.05, 0.1) is 11.9 Å². The summed E-state index contributed by atoms with van der Waals surface area (Å²) in [6, 6.07) is 9.56. The van der Waals surface area contributed by atoms with Crippen molar-refractivity contribution in [2.75, 3.05) is 36.6 Å². The lowest BCUT2D eigenvalue weighted by molar-refractivity contribution is 0.171. The summed E-state index contributed by atoms with van der Waals surface area (Å²) in [5.74, 6) is 1.74. The van der Waals surface area contributed by atoms with Crippen molar-refractivity contribution in [3.05, 3.63) is 66.0 Å². The highest BCUT2D eigenvalue weighted by molar-refractivity contribution is 6.00. The number of anilines is 3. The van der Waals surface area contributed by atoms with E-state index in [4.69, 9.17) is 20.2 Å². The van der Waals surface area contributed by atoms with Crippen molar-refractivity contribution in [2.45, 2.75) is 45.1 Å². The van der Waals surface area contributed by atoms with E-state index < -0.39 is 11.8 Å². The van der Waals surface area contributed by atoms with Crippen molar-refractivity contribution in [3.8, 4) is 22.8 Å². The number of benzene rings is 2. The van der Waals surface area contributed by atoms with Gasteiger partial charge in [-0.25, -0.2) is 19.2 Å². The van der Waals surface area contributed by atoms with Gasteiger partial charge in [-0.3, -0.25) is 4.40 Å². The van der Waals surface area contributed by atoms with Gasteiger partial charge < -0.3 is 31.2 Å². The van der Waals surface area contributed by atoms with Gasteiger partial charge in [0, 0.05) is 35.0 Å². The highest BCUT2D eigenvalue weighted by Gasteiger charge is 2.25. The minimum atomic E-state index is -0.541. The smallest absolute Gasteiger partial charge is 0.323 e. The Hall–Kier alpha value is -4.64. The summed E-state index contributed by atoms with van der Waals surface area (Å²) < 4.78 is 28.8. The minimum Gasteiger partial charge on any atom is -0.486 e. The molecule has 218 valence electrons. The van der Waals surface area contributed by atoms with Crippen LogP contribution in [0.25, 0.3) is 22.3 Å². The largest absolute Gasteiger partial charge is 0.486 e. The number of imidazole rings is 1. The molecular formula is C31H34FN7O3. The fraction of sp³-hybridized carbons (Fsp3) is 0.323. The fourth-order valence-corrected chi connectivity index (χ4v) is 5.50. The standard InChI is InChI=1S/C31H34FN7O3/c1-17(2)30-38-27(28-29(33)35-16-24(39(28)30)18-4-6-19(34-3)7-5-18)22-10-8-20(14-23(22)32)36-31(40)37-21-9-11-25-26(15-21)42-13-12-41-25/h4,8-11,14-17,19,34H,5-7,12-13H2,1-3H3,(H2,33,35)(H2,36,37,40). The molecule has 2 aromatic carbocycles. The molecule has 1 aliphatic heterocycles. The van der Waals surface area contributed by atoms with Gasteiger partial charge in [0.25, 0.3) is 0 Å². The molecule has 0 bridgehead atoms. The van der Waals surface area contributed by atoms with Crippen LogP contribution in [0.3, 0.4) is 0 Å². The van der Waals surface area contributed by atoms with E-state index in [1.165, 1.54) is 11.6 Å². The number of hydrogen-bond donors (Lipinski definition) is 4.